The number of nitrogens with zero attached hydrogens (tertiary/aromatic N) is 1. The second-order valence-corrected chi connectivity index (χ2v) is 6.11. The van der Waals surface area contributed by atoms with Crippen LogP contribution in [0.2, 0.25) is 5.02 Å². The van der Waals surface area contributed by atoms with Crippen LogP contribution in [-0.2, 0) is 17.8 Å². The molecular formula is C15H12ClNO2S. The molecule has 5 heteroatoms. The molecule has 1 aromatic carbocycles. The summed E-state index contributed by atoms with van der Waals surface area (Å²) < 4.78 is 2.73. The number of thiazole rings is 1. The van der Waals surface area contributed by atoms with Crippen LogP contribution in [0.4, 0.5) is 0 Å². The van der Waals surface area contributed by atoms with Gasteiger partial charge in [0.1, 0.15) is 4.53 Å². The minimum Gasteiger partial charge on any atom is -0.300 e. The summed E-state index contributed by atoms with van der Waals surface area (Å²) in [5, 5.41) is 0.577. The van der Waals surface area contributed by atoms with E-state index in [4.69, 9.17) is 11.6 Å². The Morgan fingerprint density at radius 2 is 2.15 bits per heavy atom. The van der Waals surface area contributed by atoms with Gasteiger partial charge < -0.3 is 0 Å². The second-order valence-electron chi connectivity index (χ2n) is 4.62. The summed E-state index contributed by atoms with van der Waals surface area (Å²) in [5.74, 6) is -0.0466. The number of carbonyl (C=O) groups excluding carboxylic acids is 1. The van der Waals surface area contributed by atoms with Crippen LogP contribution in [-0.4, -0.2) is 10.4 Å². The molecule has 0 saturated heterocycles. The molecule has 1 aliphatic carbocycles. The predicted molar refractivity (Wildman–Crippen MR) is 81.7 cm³/mol. The molecule has 0 spiro atoms. The number of benzene rings is 1. The Bertz CT molecular complexity index is 892. The Kier molecular flexibility index (Phi) is 3.15. The Balaban J connectivity index is 2.46. The molecule has 1 heterocycles. The van der Waals surface area contributed by atoms with Crippen LogP contribution in [0.1, 0.15) is 18.1 Å². The fourth-order valence-corrected chi connectivity index (χ4v) is 3.87. The van der Waals surface area contributed by atoms with E-state index in [0.29, 0.717) is 26.3 Å². The average Bonchev–Trinajstić information content (AvgIpc) is 2.87. The number of hydrogen-bond acceptors (Lipinski definition) is 3. The van der Waals surface area contributed by atoms with E-state index in [1.165, 1.54) is 11.3 Å². The average molecular weight is 306 g/mol. The summed E-state index contributed by atoms with van der Waals surface area (Å²) in [7, 11) is 0. The van der Waals surface area contributed by atoms with Crippen LogP contribution in [0, 0.1) is 0 Å². The van der Waals surface area contributed by atoms with Gasteiger partial charge in [0.15, 0.2) is 5.78 Å². The molecule has 1 aromatic heterocycles. The molecular weight excluding hydrogens is 294 g/mol. The van der Waals surface area contributed by atoms with Crippen molar-refractivity contribution in [1.29, 1.82) is 0 Å². The second kappa shape index (κ2) is 4.72. The third-order valence-corrected chi connectivity index (χ3v) is 4.90. The summed E-state index contributed by atoms with van der Waals surface area (Å²) in [6.45, 7) is 6.31. The number of Topliss-reactive ketones (excluding diaryl/α,β-unsaturated/α-hetero) is 1. The Labute approximate surface area is 124 Å². The first-order valence-corrected chi connectivity index (χ1v) is 7.48. The third kappa shape index (κ3) is 1.79. The lowest BCUT2D eigenvalue weighted by atomic mass is 10.1. The molecule has 0 atom stereocenters. The molecule has 3 rings (SSSR count). The maximum atomic E-state index is 12.4. The Morgan fingerprint density at radius 1 is 1.40 bits per heavy atom. The van der Waals surface area contributed by atoms with Gasteiger partial charge in [0.25, 0.3) is 5.56 Å². The third-order valence-electron chi connectivity index (χ3n) is 3.51. The summed E-state index contributed by atoms with van der Waals surface area (Å²) >= 11 is 7.41. The number of halogens is 1. The van der Waals surface area contributed by atoms with Crippen LogP contribution < -0.4 is 14.8 Å². The van der Waals surface area contributed by atoms with Crippen molar-refractivity contribution in [2.75, 3.05) is 0 Å². The largest absolute Gasteiger partial charge is 0.300 e. The zero-order valence-electron chi connectivity index (χ0n) is 10.9. The molecule has 0 saturated carbocycles. The van der Waals surface area contributed by atoms with Gasteiger partial charge in [0, 0.05) is 23.6 Å². The van der Waals surface area contributed by atoms with Crippen LogP contribution >= 0.6 is 22.9 Å². The fourth-order valence-electron chi connectivity index (χ4n) is 2.55. The van der Waals surface area contributed by atoms with Crippen LogP contribution in [0.15, 0.2) is 23.0 Å². The molecule has 0 aliphatic heterocycles. The maximum absolute atomic E-state index is 12.4. The molecule has 0 bridgehead atoms. The first-order chi connectivity index (χ1) is 9.54. The zero-order chi connectivity index (χ0) is 14.4. The number of fused-ring (bicyclic) bond motifs is 1. The van der Waals surface area contributed by atoms with Gasteiger partial charge in [-0.1, -0.05) is 30.3 Å². The molecule has 1 aliphatic rings. The zero-order valence-corrected chi connectivity index (χ0v) is 12.5. The van der Waals surface area contributed by atoms with Crippen molar-refractivity contribution in [3.8, 4) is 0 Å². The summed E-state index contributed by atoms with van der Waals surface area (Å²) in [4.78, 5) is 24.7. The quantitative estimate of drug-likeness (QED) is 0.797. The molecule has 0 amide bonds. The summed E-state index contributed by atoms with van der Waals surface area (Å²) in [5.41, 5.74) is 1.95. The van der Waals surface area contributed by atoms with Gasteiger partial charge in [-0.25, -0.2) is 0 Å². The van der Waals surface area contributed by atoms with Crippen molar-refractivity contribution in [2.24, 2.45) is 0 Å². The van der Waals surface area contributed by atoms with Crippen molar-refractivity contribution in [3.63, 3.8) is 0 Å². The van der Waals surface area contributed by atoms with E-state index in [1.54, 1.807) is 16.7 Å². The van der Waals surface area contributed by atoms with Gasteiger partial charge in [0.2, 0.25) is 0 Å². The molecule has 0 unspecified atom stereocenters. The van der Waals surface area contributed by atoms with E-state index in [0.717, 1.165) is 11.1 Å². The van der Waals surface area contributed by atoms with Crippen molar-refractivity contribution in [3.05, 3.63) is 53.9 Å². The van der Waals surface area contributed by atoms with Gasteiger partial charge >= 0.3 is 0 Å². The molecule has 3 nitrogen and oxygen atoms in total. The molecule has 0 N–H and O–H groups in total. The van der Waals surface area contributed by atoms with Gasteiger partial charge in [0.05, 0.1) is 4.66 Å². The molecule has 20 heavy (non-hydrogen) atoms. The van der Waals surface area contributed by atoms with E-state index >= 15 is 0 Å². The van der Waals surface area contributed by atoms with Gasteiger partial charge in [-0.2, -0.15) is 0 Å². The van der Waals surface area contributed by atoms with Gasteiger partial charge in [-0.3, -0.25) is 14.2 Å². The highest BCUT2D eigenvalue weighted by Crippen LogP contribution is 2.32. The number of ketones is 1. The van der Waals surface area contributed by atoms with Crippen LogP contribution in [0.5, 0.6) is 0 Å². The maximum Gasteiger partial charge on any atom is 0.269 e. The van der Waals surface area contributed by atoms with Gasteiger partial charge in [-0.15, -0.1) is 11.3 Å². The van der Waals surface area contributed by atoms with E-state index in [2.05, 4.69) is 6.58 Å². The minimum atomic E-state index is -0.140. The highest BCUT2D eigenvalue weighted by Gasteiger charge is 2.28. The van der Waals surface area contributed by atoms with Crippen molar-refractivity contribution in [1.82, 2.24) is 4.57 Å². The molecule has 0 fully saturated rings. The smallest absolute Gasteiger partial charge is 0.269 e. The normalized spacial score (nSPS) is 16.6. The molecule has 0 radical (unpaired) electrons. The number of rotatable bonds is 1. The first kappa shape index (κ1) is 13.3. The van der Waals surface area contributed by atoms with Crippen molar-refractivity contribution >= 4 is 40.9 Å². The summed E-state index contributed by atoms with van der Waals surface area (Å²) in [6, 6.07) is 5.42. The number of carbonyl (C=O) groups is 1. The lowest BCUT2D eigenvalue weighted by Crippen LogP contribution is -2.32. The minimum absolute atomic E-state index is 0.0466. The molecule has 102 valence electrons. The van der Waals surface area contributed by atoms with E-state index in [1.807, 2.05) is 13.0 Å². The van der Waals surface area contributed by atoms with Crippen molar-refractivity contribution < 1.29 is 4.79 Å². The topological polar surface area (TPSA) is 39.1 Å². The predicted octanol–water partition coefficient (Wildman–Crippen LogP) is 1.32. The Morgan fingerprint density at radius 3 is 2.80 bits per heavy atom. The Hall–Kier alpha value is -1.65. The van der Waals surface area contributed by atoms with E-state index in [9.17, 15) is 9.59 Å². The van der Waals surface area contributed by atoms with E-state index < -0.39 is 0 Å². The lowest BCUT2D eigenvalue weighted by Gasteiger charge is -1.99. The number of hydrogen-bond donors (Lipinski definition) is 0. The lowest BCUT2D eigenvalue weighted by molar-refractivity contribution is -0.112. The summed E-state index contributed by atoms with van der Waals surface area (Å²) in [6.07, 6.45) is 0.264. The molecule has 2 aromatic rings. The highest BCUT2D eigenvalue weighted by atomic mass is 35.5. The van der Waals surface area contributed by atoms with Gasteiger partial charge in [-0.05, 0) is 24.1 Å². The van der Waals surface area contributed by atoms with Crippen LogP contribution in [0.25, 0.3) is 12.2 Å². The van der Waals surface area contributed by atoms with E-state index in [-0.39, 0.29) is 17.8 Å². The standard InChI is InChI=1S/C15H12ClNO2S/c1-3-17-8(2)20-14(15(17)19)13-9-5-4-6-11(16)10(9)7-12(13)18/h4-6H,2-3,7H2,1H3/b14-13-. The SMILES string of the molecule is C=c1s/c(=C2\C(=O)Cc3c(Cl)cccc32)c(=O)n1CC. The van der Waals surface area contributed by atoms with Crippen LogP contribution in [0.3, 0.4) is 0 Å². The fraction of sp³-hybridized carbons (Fsp3) is 0.200. The number of aromatic nitrogens is 1. The first-order valence-electron chi connectivity index (χ1n) is 6.28. The van der Waals surface area contributed by atoms with Crippen molar-refractivity contribution in [2.45, 2.75) is 19.9 Å². The highest BCUT2D eigenvalue weighted by molar-refractivity contribution is 7.07. The monoisotopic (exact) mass is 305 g/mol.